The Balaban J connectivity index is 2.25. The van der Waals surface area contributed by atoms with Gasteiger partial charge in [0.15, 0.2) is 0 Å². The number of rotatable bonds is 4. The van der Waals surface area contributed by atoms with Crippen LogP contribution in [0.5, 0.6) is 0 Å². The molecule has 0 spiro atoms. The van der Waals surface area contributed by atoms with Crippen LogP contribution in [0.4, 0.5) is 0 Å². The highest BCUT2D eigenvalue weighted by molar-refractivity contribution is 9.10. The summed E-state index contributed by atoms with van der Waals surface area (Å²) in [5.74, 6) is 1.04. The first-order chi connectivity index (χ1) is 10.0. The van der Waals surface area contributed by atoms with Gasteiger partial charge in [-0.2, -0.15) is 0 Å². The molecule has 1 heterocycles. The Morgan fingerprint density at radius 1 is 1.24 bits per heavy atom. The van der Waals surface area contributed by atoms with E-state index in [9.17, 15) is 4.79 Å². The molecule has 0 saturated carbocycles. The summed E-state index contributed by atoms with van der Waals surface area (Å²) in [5.41, 5.74) is 3.40. The van der Waals surface area contributed by atoms with Gasteiger partial charge in [-0.05, 0) is 62.2 Å². The number of ether oxygens (including phenoxy) is 1. The first-order valence-corrected chi connectivity index (χ1v) is 7.53. The topological polar surface area (TPSA) is 39.4 Å². The SMILES string of the molecule is CCOC(=O)/C=C/c1ccc(-c2ccc(Br)c(C)c2C)o1. The van der Waals surface area contributed by atoms with Crippen LogP contribution < -0.4 is 0 Å². The van der Waals surface area contributed by atoms with Crippen molar-refractivity contribution in [2.75, 3.05) is 6.61 Å². The van der Waals surface area contributed by atoms with E-state index in [4.69, 9.17) is 9.15 Å². The molecular formula is C17H17BrO3. The first kappa shape index (κ1) is 15.6. The summed E-state index contributed by atoms with van der Waals surface area (Å²) in [6.07, 6.45) is 2.98. The molecule has 110 valence electrons. The predicted molar refractivity (Wildman–Crippen MR) is 87.0 cm³/mol. The maximum absolute atomic E-state index is 11.3. The van der Waals surface area contributed by atoms with E-state index in [-0.39, 0.29) is 5.97 Å². The van der Waals surface area contributed by atoms with Crippen molar-refractivity contribution in [1.82, 2.24) is 0 Å². The second kappa shape index (κ2) is 6.76. The Morgan fingerprint density at radius 2 is 2.00 bits per heavy atom. The average Bonchev–Trinajstić information content (AvgIpc) is 2.92. The number of hydrogen-bond donors (Lipinski definition) is 0. The predicted octanol–water partition coefficient (Wildman–Crippen LogP) is 4.90. The van der Waals surface area contributed by atoms with E-state index in [2.05, 4.69) is 29.8 Å². The highest BCUT2D eigenvalue weighted by Crippen LogP contribution is 2.31. The third kappa shape index (κ3) is 3.64. The van der Waals surface area contributed by atoms with Crippen LogP contribution in [0.2, 0.25) is 0 Å². The molecule has 1 aromatic carbocycles. The van der Waals surface area contributed by atoms with Gasteiger partial charge in [-0.1, -0.05) is 15.9 Å². The molecule has 21 heavy (non-hydrogen) atoms. The van der Waals surface area contributed by atoms with Gasteiger partial charge in [0.2, 0.25) is 0 Å². The summed E-state index contributed by atoms with van der Waals surface area (Å²) >= 11 is 3.52. The number of halogens is 1. The third-order valence-electron chi connectivity index (χ3n) is 3.28. The Kier molecular flexibility index (Phi) is 5.02. The lowest BCUT2D eigenvalue weighted by atomic mass is 10.0. The van der Waals surface area contributed by atoms with Gasteiger partial charge in [-0.3, -0.25) is 0 Å². The fourth-order valence-electron chi connectivity index (χ4n) is 1.98. The second-order valence-corrected chi connectivity index (χ2v) is 5.49. The molecule has 0 N–H and O–H groups in total. The van der Waals surface area contributed by atoms with Crippen LogP contribution in [0, 0.1) is 13.8 Å². The number of hydrogen-bond acceptors (Lipinski definition) is 3. The largest absolute Gasteiger partial charge is 0.463 e. The molecule has 3 nitrogen and oxygen atoms in total. The van der Waals surface area contributed by atoms with Gasteiger partial charge in [0.25, 0.3) is 0 Å². The molecule has 0 aliphatic rings. The molecule has 0 saturated heterocycles. The lowest BCUT2D eigenvalue weighted by molar-refractivity contribution is -0.137. The summed E-state index contributed by atoms with van der Waals surface area (Å²) in [6.45, 7) is 6.26. The zero-order valence-corrected chi connectivity index (χ0v) is 13.9. The van der Waals surface area contributed by atoms with E-state index in [0.717, 1.165) is 15.8 Å². The highest BCUT2D eigenvalue weighted by atomic mass is 79.9. The molecule has 0 amide bonds. The van der Waals surface area contributed by atoms with Crippen LogP contribution in [-0.4, -0.2) is 12.6 Å². The molecule has 0 bridgehead atoms. The van der Waals surface area contributed by atoms with Crippen molar-refractivity contribution in [3.63, 3.8) is 0 Å². The van der Waals surface area contributed by atoms with Crippen molar-refractivity contribution < 1.29 is 13.9 Å². The third-order valence-corrected chi connectivity index (χ3v) is 4.14. The monoisotopic (exact) mass is 348 g/mol. The fourth-order valence-corrected chi connectivity index (χ4v) is 2.41. The Hall–Kier alpha value is -1.81. The number of benzene rings is 1. The van der Waals surface area contributed by atoms with Crippen molar-refractivity contribution in [3.8, 4) is 11.3 Å². The van der Waals surface area contributed by atoms with Crippen molar-refractivity contribution in [1.29, 1.82) is 0 Å². The van der Waals surface area contributed by atoms with Crippen LogP contribution in [0.25, 0.3) is 17.4 Å². The molecule has 0 unspecified atom stereocenters. The van der Waals surface area contributed by atoms with Crippen LogP contribution >= 0.6 is 15.9 Å². The minimum Gasteiger partial charge on any atom is -0.463 e. The Morgan fingerprint density at radius 3 is 2.71 bits per heavy atom. The summed E-state index contributed by atoms with van der Waals surface area (Å²) in [5, 5.41) is 0. The molecule has 2 rings (SSSR count). The summed E-state index contributed by atoms with van der Waals surface area (Å²) in [7, 11) is 0. The van der Waals surface area contributed by atoms with E-state index >= 15 is 0 Å². The van der Waals surface area contributed by atoms with Gasteiger partial charge >= 0.3 is 5.97 Å². The average molecular weight is 349 g/mol. The van der Waals surface area contributed by atoms with Gasteiger partial charge in [0.1, 0.15) is 11.5 Å². The molecule has 0 aliphatic carbocycles. The summed E-state index contributed by atoms with van der Waals surface area (Å²) in [4.78, 5) is 11.3. The number of esters is 1. The fraction of sp³-hybridized carbons (Fsp3) is 0.235. The molecule has 0 fully saturated rings. The summed E-state index contributed by atoms with van der Waals surface area (Å²) in [6, 6.07) is 7.76. The van der Waals surface area contributed by atoms with E-state index in [1.54, 1.807) is 13.0 Å². The molecule has 0 aliphatic heterocycles. The summed E-state index contributed by atoms with van der Waals surface area (Å²) < 4.78 is 11.7. The number of carbonyl (C=O) groups excluding carboxylic acids is 1. The minimum atomic E-state index is -0.369. The first-order valence-electron chi connectivity index (χ1n) is 6.73. The van der Waals surface area contributed by atoms with Gasteiger partial charge < -0.3 is 9.15 Å². The van der Waals surface area contributed by atoms with E-state index < -0.39 is 0 Å². The van der Waals surface area contributed by atoms with Crippen LogP contribution in [0.3, 0.4) is 0 Å². The van der Waals surface area contributed by atoms with Gasteiger partial charge in [0.05, 0.1) is 6.61 Å². The van der Waals surface area contributed by atoms with E-state index in [0.29, 0.717) is 12.4 Å². The minimum absolute atomic E-state index is 0.365. The van der Waals surface area contributed by atoms with Gasteiger partial charge in [-0.15, -0.1) is 0 Å². The van der Waals surface area contributed by atoms with E-state index in [1.165, 1.54) is 17.2 Å². The van der Waals surface area contributed by atoms with Crippen LogP contribution in [0.15, 0.2) is 39.2 Å². The molecular weight excluding hydrogens is 332 g/mol. The molecule has 0 radical (unpaired) electrons. The van der Waals surface area contributed by atoms with Crippen LogP contribution in [-0.2, 0) is 9.53 Å². The lowest BCUT2D eigenvalue weighted by Crippen LogP contribution is -1.98. The number of furan rings is 1. The van der Waals surface area contributed by atoms with Crippen molar-refractivity contribution in [3.05, 3.63) is 51.7 Å². The Bertz CT molecular complexity index is 683. The van der Waals surface area contributed by atoms with Crippen LogP contribution in [0.1, 0.15) is 23.8 Å². The molecule has 4 heteroatoms. The second-order valence-electron chi connectivity index (χ2n) is 4.63. The smallest absolute Gasteiger partial charge is 0.330 e. The lowest BCUT2D eigenvalue weighted by Gasteiger charge is -2.08. The molecule has 0 atom stereocenters. The quantitative estimate of drug-likeness (QED) is 0.582. The Labute approximate surface area is 132 Å². The van der Waals surface area contributed by atoms with Gasteiger partial charge in [-0.25, -0.2) is 4.79 Å². The maximum Gasteiger partial charge on any atom is 0.330 e. The number of carbonyl (C=O) groups is 1. The zero-order chi connectivity index (χ0) is 15.4. The van der Waals surface area contributed by atoms with Crippen molar-refractivity contribution in [2.45, 2.75) is 20.8 Å². The molecule has 2 aromatic rings. The normalized spacial score (nSPS) is 11.0. The zero-order valence-electron chi connectivity index (χ0n) is 12.3. The standard InChI is InChI=1S/C17H17BrO3/c1-4-20-17(19)10-6-13-5-9-16(21-13)14-7-8-15(18)12(3)11(14)2/h5-10H,4H2,1-3H3/b10-6+. The van der Waals surface area contributed by atoms with Crippen molar-refractivity contribution in [2.24, 2.45) is 0 Å². The van der Waals surface area contributed by atoms with Gasteiger partial charge in [0, 0.05) is 16.1 Å². The highest BCUT2D eigenvalue weighted by Gasteiger charge is 2.10. The van der Waals surface area contributed by atoms with E-state index in [1.807, 2.05) is 24.3 Å². The van der Waals surface area contributed by atoms with Crippen molar-refractivity contribution >= 4 is 28.0 Å². The molecule has 1 aromatic heterocycles. The maximum atomic E-state index is 11.3.